The molecule has 0 unspecified atom stereocenters. The summed E-state index contributed by atoms with van der Waals surface area (Å²) in [6.07, 6.45) is 4.08. The van der Waals surface area contributed by atoms with Gasteiger partial charge in [-0.1, -0.05) is 5.16 Å². The summed E-state index contributed by atoms with van der Waals surface area (Å²) in [5, 5.41) is 4.11. The van der Waals surface area contributed by atoms with Crippen molar-refractivity contribution in [1.82, 2.24) is 19.9 Å². The number of benzene rings is 1. The Bertz CT molecular complexity index is 839. The van der Waals surface area contributed by atoms with Crippen molar-refractivity contribution in [2.24, 2.45) is 5.92 Å². The minimum atomic E-state index is 0.161. The number of likely N-dealkylation sites (tertiary alicyclic amines) is 2. The van der Waals surface area contributed by atoms with Crippen LogP contribution in [0.5, 0.6) is 11.5 Å². The maximum absolute atomic E-state index is 12.6. The van der Waals surface area contributed by atoms with Crippen LogP contribution in [-0.2, 0) is 11.3 Å². The zero-order chi connectivity index (χ0) is 20.2. The van der Waals surface area contributed by atoms with Gasteiger partial charge in [0.2, 0.25) is 17.6 Å². The summed E-state index contributed by atoms with van der Waals surface area (Å²) < 4.78 is 16.1. The number of methoxy groups -OCH3 is 2. The van der Waals surface area contributed by atoms with E-state index in [1.165, 1.54) is 0 Å². The summed E-state index contributed by atoms with van der Waals surface area (Å²) >= 11 is 0. The molecule has 0 spiro atoms. The number of amides is 1. The lowest BCUT2D eigenvalue weighted by Gasteiger charge is -2.32. The molecule has 156 valence electrons. The Morgan fingerprint density at radius 2 is 1.83 bits per heavy atom. The number of aromatic nitrogens is 2. The molecule has 8 nitrogen and oxygen atoms in total. The first-order valence-corrected chi connectivity index (χ1v) is 10.2. The highest BCUT2D eigenvalue weighted by molar-refractivity contribution is 5.79. The third-order valence-corrected chi connectivity index (χ3v) is 5.82. The van der Waals surface area contributed by atoms with Crippen molar-refractivity contribution >= 4 is 5.91 Å². The largest absolute Gasteiger partial charge is 0.493 e. The van der Waals surface area contributed by atoms with Gasteiger partial charge < -0.3 is 18.9 Å². The molecule has 0 atom stereocenters. The van der Waals surface area contributed by atoms with Crippen LogP contribution in [0.25, 0.3) is 11.4 Å². The van der Waals surface area contributed by atoms with Crippen molar-refractivity contribution in [2.45, 2.75) is 32.2 Å². The molecule has 3 heterocycles. The normalized spacial score (nSPS) is 18.2. The molecule has 2 aliphatic heterocycles. The van der Waals surface area contributed by atoms with Gasteiger partial charge in [0.1, 0.15) is 0 Å². The lowest BCUT2D eigenvalue weighted by Crippen LogP contribution is -2.41. The van der Waals surface area contributed by atoms with E-state index < -0.39 is 0 Å². The van der Waals surface area contributed by atoms with Gasteiger partial charge in [-0.15, -0.1) is 0 Å². The molecule has 4 rings (SSSR count). The molecule has 2 aromatic rings. The Morgan fingerprint density at radius 3 is 2.52 bits per heavy atom. The van der Waals surface area contributed by atoms with Gasteiger partial charge in [-0.25, -0.2) is 0 Å². The highest BCUT2D eigenvalue weighted by Crippen LogP contribution is 2.31. The lowest BCUT2D eigenvalue weighted by atomic mass is 9.95. The molecular formula is C21H28N4O4. The van der Waals surface area contributed by atoms with Crippen LogP contribution in [0.1, 0.15) is 31.6 Å². The van der Waals surface area contributed by atoms with E-state index in [0.29, 0.717) is 35.7 Å². The molecule has 8 heteroatoms. The highest BCUT2D eigenvalue weighted by atomic mass is 16.5. The molecule has 0 bridgehead atoms. The van der Waals surface area contributed by atoms with E-state index in [9.17, 15) is 4.79 Å². The van der Waals surface area contributed by atoms with E-state index >= 15 is 0 Å². The Balaban J connectivity index is 1.33. The molecule has 0 aliphatic carbocycles. The second kappa shape index (κ2) is 8.82. The number of carbonyl (C=O) groups is 1. The molecule has 29 heavy (non-hydrogen) atoms. The number of hydrogen-bond donors (Lipinski definition) is 0. The summed E-state index contributed by atoms with van der Waals surface area (Å²) in [7, 11) is 3.20. The van der Waals surface area contributed by atoms with E-state index in [-0.39, 0.29) is 5.92 Å². The van der Waals surface area contributed by atoms with E-state index in [4.69, 9.17) is 14.0 Å². The van der Waals surface area contributed by atoms with Crippen molar-refractivity contribution < 1.29 is 18.8 Å². The fourth-order valence-electron chi connectivity index (χ4n) is 4.14. The van der Waals surface area contributed by atoms with Gasteiger partial charge in [-0.2, -0.15) is 4.98 Å². The number of piperidine rings is 1. The van der Waals surface area contributed by atoms with Crippen LogP contribution in [0.3, 0.4) is 0 Å². The summed E-state index contributed by atoms with van der Waals surface area (Å²) in [5.41, 5.74) is 0.813. The molecule has 0 N–H and O–H groups in total. The van der Waals surface area contributed by atoms with E-state index in [2.05, 4.69) is 15.0 Å². The minimum absolute atomic E-state index is 0.161. The van der Waals surface area contributed by atoms with Gasteiger partial charge in [-0.05, 0) is 57.0 Å². The van der Waals surface area contributed by atoms with Crippen LogP contribution < -0.4 is 9.47 Å². The number of nitrogens with zero attached hydrogens (tertiary/aromatic N) is 4. The average molecular weight is 400 g/mol. The highest BCUT2D eigenvalue weighted by Gasteiger charge is 2.30. The number of rotatable bonds is 6. The van der Waals surface area contributed by atoms with Gasteiger partial charge in [0.15, 0.2) is 11.5 Å². The first kappa shape index (κ1) is 19.7. The first-order chi connectivity index (χ1) is 14.2. The monoisotopic (exact) mass is 400 g/mol. The Labute approximate surface area is 170 Å². The SMILES string of the molecule is COc1ccc(-c2noc(CN3CCC(C(=O)N4CCCC4)CC3)n2)cc1OC. The smallest absolute Gasteiger partial charge is 0.241 e. The van der Waals surface area contributed by atoms with E-state index in [1.54, 1.807) is 14.2 Å². The summed E-state index contributed by atoms with van der Waals surface area (Å²) in [6, 6.07) is 5.54. The molecular weight excluding hydrogens is 372 g/mol. The van der Waals surface area contributed by atoms with Crippen molar-refractivity contribution in [3.8, 4) is 22.9 Å². The lowest BCUT2D eigenvalue weighted by molar-refractivity contribution is -0.136. The van der Waals surface area contributed by atoms with Gasteiger partial charge >= 0.3 is 0 Å². The van der Waals surface area contributed by atoms with Crippen molar-refractivity contribution in [2.75, 3.05) is 40.4 Å². The van der Waals surface area contributed by atoms with Crippen LogP contribution in [0.2, 0.25) is 0 Å². The number of hydrogen-bond acceptors (Lipinski definition) is 7. The van der Waals surface area contributed by atoms with Crippen molar-refractivity contribution in [3.63, 3.8) is 0 Å². The Kier molecular flexibility index (Phi) is 5.99. The zero-order valence-corrected chi connectivity index (χ0v) is 17.1. The summed E-state index contributed by atoms with van der Waals surface area (Å²) in [5.74, 6) is 2.90. The van der Waals surface area contributed by atoms with Crippen LogP contribution in [0.4, 0.5) is 0 Å². The molecule has 2 fully saturated rings. The predicted octanol–water partition coefficient (Wildman–Crippen LogP) is 2.59. The van der Waals surface area contributed by atoms with Crippen LogP contribution in [0.15, 0.2) is 22.7 Å². The van der Waals surface area contributed by atoms with E-state index in [1.807, 2.05) is 23.1 Å². The summed E-state index contributed by atoms with van der Waals surface area (Å²) in [6.45, 7) is 4.21. The van der Waals surface area contributed by atoms with Gasteiger partial charge in [-0.3, -0.25) is 9.69 Å². The Morgan fingerprint density at radius 1 is 1.10 bits per heavy atom. The average Bonchev–Trinajstić information content (AvgIpc) is 3.46. The maximum atomic E-state index is 12.6. The van der Waals surface area contributed by atoms with Crippen LogP contribution >= 0.6 is 0 Å². The van der Waals surface area contributed by atoms with Crippen molar-refractivity contribution in [1.29, 1.82) is 0 Å². The first-order valence-electron chi connectivity index (χ1n) is 10.2. The third-order valence-electron chi connectivity index (χ3n) is 5.82. The van der Waals surface area contributed by atoms with Gasteiger partial charge in [0.25, 0.3) is 0 Å². The second-order valence-electron chi connectivity index (χ2n) is 7.66. The zero-order valence-electron chi connectivity index (χ0n) is 17.1. The van der Waals surface area contributed by atoms with Gasteiger partial charge in [0.05, 0.1) is 20.8 Å². The molecule has 0 saturated carbocycles. The fraction of sp³-hybridized carbons (Fsp3) is 0.571. The molecule has 2 saturated heterocycles. The second-order valence-corrected chi connectivity index (χ2v) is 7.66. The van der Waals surface area contributed by atoms with Crippen LogP contribution in [-0.4, -0.2) is 66.2 Å². The quantitative estimate of drug-likeness (QED) is 0.737. The third kappa shape index (κ3) is 4.37. The molecule has 2 aliphatic rings. The number of ether oxygens (including phenoxy) is 2. The molecule has 0 radical (unpaired) electrons. The maximum Gasteiger partial charge on any atom is 0.241 e. The topological polar surface area (TPSA) is 80.9 Å². The summed E-state index contributed by atoms with van der Waals surface area (Å²) in [4.78, 5) is 21.4. The standard InChI is InChI=1S/C21H28N4O4/c1-27-17-6-5-16(13-18(17)28-2)20-22-19(29-23-20)14-24-11-7-15(8-12-24)21(26)25-9-3-4-10-25/h5-6,13,15H,3-4,7-12,14H2,1-2H3. The van der Waals surface area contributed by atoms with Crippen LogP contribution in [0, 0.1) is 5.92 Å². The Hall–Kier alpha value is -2.61. The van der Waals surface area contributed by atoms with Crippen molar-refractivity contribution in [3.05, 3.63) is 24.1 Å². The van der Waals surface area contributed by atoms with Gasteiger partial charge in [0, 0.05) is 24.6 Å². The molecule has 1 amide bonds. The number of carbonyl (C=O) groups excluding carboxylic acids is 1. The predicted molar refractivity (Wildman–Crippen MR) is 107 cm³/mol. The molecule has 1 aromatic heterocycles. The fourth-order valence-corrected chi connectivity index (χ4v) is 4.14. The molecule has 1 aromatic carbocycles. The minimum Gasteiger partial charge on any atom is -0.493 e. The van der Waals surface area contributed by atoms with E-state index in [0.717, 1.165) is 57.4 Å².